The van der Waals surface area contributed by atoms with Crippen LogP contribution in [0, 0.1) is 3.57 Å². The van der Waals surface area contributed by atoms with E-state index in [1.807, 2.05) is 0 Å². The minimum atomic E-state index is 0.762. The summed E-state index contributed by atoms with van der Waals surface area (Å²) < 4.78 is 1.36. The lowest BCUT2D eigenvalue weighted by atomic mass is 9.84. The SMILES string of the molecule is Ic1cccc(C2CC3CCC2N3)c1. The van der Waals surface area contributed by atoms with Crippen molar-refractivity contribution in [2.75, 3.05) is 0 Å². The van der Waals surface area contributed by atoms with E-state index in [1.165, 1.54) is 28.4 Å². The quantitative estimate of drug-likeness (QED) is 0.786. The average Bonchev–Trinajstić information content (AvgIpc) is 2.78. The van der Waals surface area contributed by atoms with Gasteiger partial charge in [-0.25, -0.2) is 0 Å². The van der Waals surface area contributed by atoms with Gasteiger partial charge in [0, 0.05) is 21.6 Å². The molecule has 2 saturated heterocycles. The minimum Gasteiger partial charge on any atom is -0.311 e. The van der Waals surface area contributed by atoms with E-state index in [9.17, 15) is 0 Å². The smallest absolute Gasteiger partial charge is 0.0139 e. The molecule has 1 aromatic carbocycles. The minimum absolute atomic E-state index is 0.762. The van der Waals surface area contributed by atoms with Crippen molar-refractivity contribution in [3.8, 4) is 0 Å². The highest BCUT2D eigenvalue weighted by atomic mass is 127. The monoisotopic (exact) mass is 299 g/mol. The molecule has 74 valence electrons. The van der Waals surface area contributed by atoms with Crippen molar-refractivity contribution < 1.29 is 0 Å². The second kappa shape index (κ2) is 3.49. The van der Waals surface area contributed by atoms with Gasteiger partial charge in [0.05, 0.1) is 0 Å². The highest BCUT2D eigenvalue weighted by molar-refractivity contribution is 14.1. The molecule has 1 aromatic rings. The fraction of sp³-hybridized carbons (Fsp3) is 0.500. The van der Waals surface area contributed by atoms with E-state index in [0.29, 0.717) is 0 Å². The molecule has 1 N–H and O–H groups in total. The molecule has 2 fully saturated rings. The van der Waals surface area contributed by atoms with Crippen LogP contribution >= 0.6 is 22.6 Å². The number of nitrogens with one attached hydrogen (secondary N) is 1. The fourth-order valence-corrected chi connectivity index (χ4v) is 3.50. The van der Waals surface area contributed by atoms with Gasteiger partial charge in [-0.15, -0.1) is 0 Å². The zero-order valence-corrected chi connectivity index (χ0v) is 10.2. The summed E-state index contributed by atoms with van der Waals surface area (Å²) in [7, 11) is 0. The van der Waals surface area contributed by atoms with Gasteiger partial charge in [0.15, 0.2) is 0 Å². The first-order chi connectivity index (χ1) is 6.83. The summed E-state index contributed by atoms with van der Waals surface area (Å²) in [4.78, 5) is 0. The molecule has 0 amide bonds. The molecule has 3 unspecified atom stereocenters. The van der Waals surface area contributed by atoms with Gasteiger partial charge >= 0.3 is 0 Å². The van der Waals surface area contributed by atoms with Crippen LogP contribution in [0.4, 0.5) is 0 Å². The third-order valence-corrected chi connectivity index (χ3v) is 4.25. The van der Waals surface area contributed by atoms with Crippen molar-refractivity contribution in [2.24, 2.45) is 0 Å². The van der Waals surface area contributed by atoms with Crippen LogP contribution in [-0.2, 0) is 0 Å². The Kier molecular flexibility index (Phi) is 2.28. The molecule has 2 bridgehead atoms. The Morgan fingerprint density at radius 3 is 2.86 bits per heavy atom. The van der Waals surface area contributed by atoms with Gasteiger partial charge in [-0.1, -0.05) is 12.1 Å². The summed E-state index contributed by atoms with van der Waals surface area (Å²) in [6.45, 7) is 0. The van der Waals surface area contributed by atoms with E-state index in [-0.39, 0.29) is 0 Å². The third-order valence-electron chi connectivity index (χ3n) is 3.58. The first-order valence-electron chi connectivity index (χ1n) is 5.34. The highest BCUT2D eigenvalue weighted by Gasteiger charge is 2.39. The fourth-order valence-electron chi connectivity index (χ4n) is 2.93. The van der Waals surface area contributed by atoms with Crippen molar-refractivity contribution >= 4 is 22.6 Å². The van der Waals surface area contributed by atoms with Crippen LogP contribution in [0.25, 0.3) is 0 Å². The molecule has 0 saturated carbocycles. The highest BCUT2D eigenvalue weighted by Crippen LogP contribution is 2.39. The van der Waals surface area contributed by atoms with Crippen LogP contribution in [0.1, 0.15) is 30.7 Å². The Balaban J connectivity index is 1.89. The maximum Gasteiger partial charge on any atom is 0.0139 e. The summed E-state index contributed by atoms with van der Waals surface area (Å²) in [5.41, 5.74) is 1.54. The maximum atomic E-state index is 3.69. The summed E-state index contributed by atoms with van der Waals surface area (Å²) in [6.07, 6.45) is 4.12. The Bertz CT molecular complexity index is 350. The normalized spacial score (nSPS) is 35.1. The van der Waals surface area contributed by atoms with Gasteiger partial charge in [0.25, 0.3) is 0 Å². The summed E-state index contributed by atoms with van der Waals surface area (Å²) in [5, 5.41) is 3.69. The number of fused-ring (bicyclic) bond motifs is 2. The summed E-state index contributed by atoms with van der Waals surface area (Å²) in [5.74, 6) is 0.781. The average molecular weight is 299 g/mol. The van der Waals surface area contributed by atoms with Crippen LogP contribution in [0.15, 0.2) is 24.3 Å². The molecule has 2 aliphatic heterocycles. The lowest BCUT2D eigenvalue weighted by molar-refractivity contribution is 0.506. The molecule has 0 spiro atoms. The first-order valence-corrected chi connectivity index (χ1v) is 6.42. The van der Waals surface area contributed by atoms with Gasteiger partial charge in [-0.3, -0.25) is 0 Å². The molecule has 3 atom stereocenters. The predicted octanol–water partition coefficient (Wildman–Crippen LogP) is 2.90. The Hall–Kier alpha value is -0.0900. The van der Waals surface area contributed by atoms with Gasteiger partial charge in [-0.05, 0) is 59.5 Å². The van der Waals surface area contributed by atoms with Crippen molar-refractivity contribution in [2.45, 2.75) is 37.3 Å². The lowest BCUT2D eigenvalue weighted by Crippen LogP contribution is -2.21. The van der Waals surface area contributed by atoms with E-state index < -0.39 is 0 Å². The van der Waals surface area contributed by atoms with E-state index in [4.69, 9.17) is 0 Å². The lowest BCUT2D eigenvalue weighted by Gasteiger charge is -2.20. The van der Waals surface area contributed by atoms with Gasteiger partial charge in [-0.2, -0.15) is 0 Å². The van der Waals surface area contributed by atoms with Gasteiger partial charge in [0.2, 0.25) is 0 Å². The van der Waals surface area contributed by atoms with Crippen LogP contribution in [-0.4, -0.2) is 12.1 Å². The zero-order chi connectivity index (χ0) is 9.54. The van der Waals surface area contributed by atoms with E-state index in [2.05, 4.69) is 52.2 Å². The van der Waals surface area contributed by atoms with Crippen molar-refractivity contribution in [3.63, 3.8) is 0 Å². The van der Waals surface area contributed by atoms with Crippen molar-refractivity contribution in [1.82, 2.24) is 5.32 Å². The Morgan fingerprint density at radius 1 is 1.29 bits per heavy atom. The van der Waals surface area contributed by atoms with Crippen LogP contribution < -0.4 is 5.32 Å². The Morgan fingerprint density at radius 2 is 2.21 bits per heavy atom. The number of halogens is 1. The predicted molar refractivity (Wildman–Crippen MR) is 66.5 cm³/mol. The molecule has 2 heterocycles. The van der Waals surface area contributed by atoms with Gasteiger partial charge < -0.3 is 5.32 Å². The molecular formula is C12H14IN. The van der Waals surface area contributed by atoms with Crippen LogP contribution in [0.5, 0.6) is 0 Å². The van der Waals surface area contributed by atoms with E-state index >= 15 is 0 Å². The standard InChI is InChI=1S/C12H14IN/c13-9-3-1-2-8(6-9)11-7-10-4-5-12(11)14-10/h1-3,6,10-12,14H,4-5,7H2. The topological polar surface area (TPSA) is 12.0 Å². The molecular weight excluding hydrogens is 285 g/mol. The maximum absolute atomic E-state index is 3.69. The van der Waals surface area contributed by atoms with Gasteiger partial charge in [0.1, 0.15) is 0 Å². The first kappa shape index (κ1) is 9.16. The van der Waals surface area contributed by atoms with Crippen LogP contribution in [0.3, 0.4) is 0 Å². The molecule has 0 aliphatic carbocycles. The van der Waals surface area contributed by atoms with Crippen LogP contribution in [0.2, 0.25) is 0 Å². The number of rotatable bonds is 1. The summed E-state index contributed by atoms with van der Waals surface area (Å²) in [6, 6.07) is 10.6. The number of benzene rings is 1. The molecule has 3 rings (SSSR count). The summed E-state index contributed by atoms with van der Waals surface area (Å²) >= 11 is 2.40. The second-order valence-corrected chi connectivity index (χ2v) is 5.69. The van der Waals surface area contributed by atoms with E-state index in [1.54, 1.807) is 0 Å². The molecule has 0 aromatic heterocycles. The van der Waals surface area contributed by atoms with Crippen molar-refractivity contribution in [3.05, 3.63) is 33.4 Å². The second-order valence-electron chi connectivity index (χ2n) is 4.44. The van der Waals surface area contributed by atoms with Crippen molar-refractivity contribution in [1.29, 1.82) is 0 Å². The molecule has 2 heteroatoms. The third kappa shape index (κ3) is 1.48. The Labute approximate surface area is 98.4 Å². The largest absolute Gasteiger partial charge is 0.311 e. The zero-order valence-electron chi connectivity index (χ0n) is 8.04. The molecule has 14 heavy (non-hydrogen) atoms. The molecule has 2 aliphatic rings. The number of hydrogen-bond acceptors (Lipinski definition) is 1. The van der Waals surface area contributed by atoms with E-state index in [0.717, 1.165) is 18.0 Å². The number of hydrogen-bond donors (Lipinski definition) is 1. The molecule has 0 radical (unpaired) electrons. The molecule has 1 nitrogen and oxygen atoms in total.